The molecule has 4 rings (SSSR count). The molecule has 6 atom stereocenters. The lowest BCUT2D eigenvalue weighted by Gasteiger charge is -2.57. The molecule has 0 spiro atoms. The molecule has 0 aromatic carbocycles. The molecule has 2 saturated carbocycles. The van der Waals surface area contributed by atoms with Crippen LogP contribution in [0.3, 0.4) is 0 Å². The number of carbonyl (C=O) groups is 3. The smallest absolute Gasteiger partial charge is 0.303 e. The van der Waals surface area contributed by atoms with Crippen LogP contribution in [0.2, 0.25) is 0 Å². The Morgan fingerprint density at radius 2 is 1.78 bits per heavy atom. The van der Waals surface area contributed by atoms with Crippen LogP contribution in [0.4, 0.5) is 0 Å². The van der Waals surface area contributed by atoms with Crippen molar-refractivity contribution >= 4 is 17.5 Å². The third kappa shape index (κ3) is 2.37. The van der Waals surface area contributed by atoms with Gasteiger partial charge in [-0.3, -0.25) is 14.4 Å². The fourth-order valence-corrected chi connectivity index (χ4v) is 7.06. The molecule has 4 aliphatic carbocycles. The van der Waals surface area contributed by atoms with Gasteiger partial charge >= 0.3 is 5.97 Å². The second-order valence-corrected chi connectivity index (χ2v) is 9.60. The summed E-state index contributed by atoms with van der Waals surface area (Å²) in [7, 11) is 0. The molecule has 0 aromatic rings. The van der Waals surface area contributed by atoms with Crippen molar-refractivity contribution in [3.63, 3.8) is 0 Å². The number of hydrogen-bond donors (Lipinski definition) is 0. The summed E-state index contributed by atoms with van der Waals surface area (Å²) in [6.07, 6.45) is 11.2. The van der Waals surface area contributed by atoms with Gasteiger partial charge in [0.05, 0.1) is 0 Å². The monoisotopic (exact) mass is 370 g/mol. The first-order chi connectivity index (χ1) is 12.6. The largest absolute Gasteiger partial charge is 0.451 e. The number of allylic oxidation sites excluding steroid dienone is 4. The normalized spacial score (nSPS) is 45.4. The lowest BCUT2D eigenvalue weighted by atomic mass is 9.48. The molecule has 0 aromatic heterocycles. The van der Waals surface area contributed by atoms with E-state index >= 15 is 0 Å². The Balaban J connectivity index is 1.75. The van der Waals surface area contributed by atoms with E-state index < -0.39 is 5.60 Å². The van der Waals surface area contributed by atoms with Crippen LogP contribution in [0.15, 0.2) is 23.8 Å². The predicted molar refractivity (Wildman–Crippen MR) is 102 cm³/mol. The highest BCUT2D eigenvalue weighted by Crippen LogP contribution is 2.67. The van der Waals surface area contributed by atoms with Crippen molar-refractivity contribution in [3.8, 4) is 0 Å². The molecule has 0 radical (unpaired) electrons. The number of hydrogen-bond acceptors (Lipinski definition) is 4. The average Bonchev–Trinajstić information content (AvgIpc) is 2.89. The summed E-state index contributed by atoms with van der Waals surface area (Å²) in [5.74, 6) is 1.03. The van der Waals surface area contributed by atoms with Crippen molar-refractivity contribution < 1.29 is 19.1 Å². The quantitative estimate of drug-likeness (QED) is 0.684. The van der Waals surface area contributed by atoms with Gasteiger partial charge in [0.15, 0.2) is 17.2 Å². The van der Waals surface area contributed by atoms with Gasteiger partial charge in [-0.2, -0.15) is 0 Å². The minimum absolute atomic E-state index is 0.0176. The molecular formula is C23H30O4. The highest BCUT2D eigenvalue weighted by molar-refractivity contribution is 5.92. The summed E-state index contributed by atoms with van der Waals surface area (Å²) in [6, 6.07) is 0. The zero-order valence-electron chi connectivity index (χ0n) is 16.8. The molecule has 0 unspecified atom stereocenters. The first-order valence-electron chi connectivity index (χ1n) is 10.3. The van der Waals surface area contributed by atoms with E-state index in [2.05, 4.69) is 26.0 Å². The molecule has 4 nitrogen and oxygen atoms in total. The van der Waals surface area contributed by atoms with Gasteiger partial charge in [0.25, 0.3) is 0 Å². The van der Waals surface area contributed by atoms with Crippen LogP contribution in [-0.4, -0.2) is 23.1 Å². The zero-order chi connectivity index (χ0) is 19.6. The van der Waals surface area contributed by atoms with Crippen molar-refractivity contribution in [1.82, 2.24) is 0 Å². The molecule has 146 valence electrons. The van der Waals surface area contributed by atoms with Crippen LogP contribution in [0.1, 0.15) is 66.2 Å². The van der Waals surface area contributed by atoms with Gasteiger partial charge in [0.1, 0.15) is 0 Å². The second kappa shape index (κ2) is 5.89. The van der Waals surface area contributed by atoms with E-state index in [-0.39, 0.29) is 28.4 Å². The first kappa shape index (κ1) is 18.6. The average molecular weight is 370 g/mol. The molecule has 0 bridgehead atoms. The maximum atomic E-state index is 12.7. The van der Waals surface area contributed by atoms with E-state index in [1.807, 2.05) is 6.08 Å². The van der Waals surface area contributed by atoms with Crippen LogP contribution in [0.5, 0.6) is 0 Å². The van der Waals surface area contributed by atoms with E-state index in [1.165, 1.54) is 12.5 Å². The van der Waals surface area contributed by atoms with E-state index in [1.54, 1.807) is 6.92 Å². The predicted octanol–water partition coefficient (Wildman–Crippen LogP) is 4.19. The molecule has 0 saturated heterocycles. The van der Waals surface area contributed by atoms with Crippen LogP contribution in [0, 0.1) is 28.6 Å². The van der Waals surface area contributed by atoms with Crippen LogP contribution in [-0.2, 0) is 19.1 Å². The minimum atomic E-state index is -0.984. The van der Waals surface area contributed by atoms with Crippen molar-refractivity contribution in [1.29, 1.82) is 0 Å². The summed E-state index contributed by atoms with van der Waals surface area (Å²) in [5, 5.41) is 0. The summed E-state index contributed by atoms with van der Waals surface area (Å²) in [6.45, 7) is 7.46. The Hall–Kier alpha value is -1.71. The molecule has 4 heteroatoms. The Morgan fingerprint density at radius 3 is 2.44 bits per heavy atom. The Morgan fingerprint density at radius 1 is 1.07 bits per heavy atom. The van der Waals surface area contributed by atoms with Crippen LogP contribution < -0.4 is 0 Å². The molecule has 0 amide bonds. The topological polar surface area (TPSA) is 60.4 Å². The highest BCUT2D eigenvalue weighted by atomic mass is 16.6. The summed E-state index contributed by atoms with van der Waals surface area (Å²) < 4.78 is 5.79. The SMILES string of the molecule is CC(=O)O[C@]1(C(C)=O)CC[C@H]2[C@H]3C=CC4=CC(=O)CC[C@]4(C)[C@H]3CC[C@@]21C. The van der Waals surface area contributed by atoms with Crippen molar-refractivity contribution in [2.75, 3.05) is 0 Å². The number of ether oxygens (including phenoxy) is 1. The van der Waals surface area contributed by atoms with E-state index in [9.17, 15) is 14.4 Å². The first-order valence-corrected chi connectivity index (χ1v) is 10.3. The summed E-state index contributed by atoms with van der Waals surface area (Å²) in [5.41, 5.74) is -0.0864. The van der Waals surface area contributed by atoms with Gasteiger partial charge in [-0.25, -0.2) is 0 Å². The van der Waals surface area contributed by atoms with Crippen LogP contribution >= 0.6 is 0 Å². The molecule has 27 heavy (non-hydrogen) atoms. The van der Waals surface area contributed by atoms with Crippen LogP contribution in [0.25, 0.3) is 0 Å². The summed E-state index contributed by atoms with van der Waals surface area (Å²) >= 11 is 0. The molecule has 0 heterocycles. The number of ketones is 2. The lowest BCUT2D eigenvalue weighted by Crippen LogP contribution is -2.58. The van der Waals surface area contributed by atoms with Crippen molar-refractivity contribution in [2.24, 2.45) is 28.6 Å². The fourth-order valence-electron chi connectivity index (χ4n) is 7.06. The van der Waals surface area contributed by atoms with Crippen molar-refractivity contribution in [3.05, 3.63) is 23.8 Å². The maximum Gasteiger partial charge on any atom is 0.303 e. The fraction of sp³-hybridized carbons (Fsp3) is 0.696. The molecule has 0 N–H and O–H groups in total. The number of fused-ring (bicyclic) bond motifs is 5. The van der Waals surface area contributed by atoms with Gasteiger partial charge in [0.2, 0.25) is 0 Å². The lowest BCUT2D eigenvalue weighted by molar-refractivity contribution is -0.185. The van der Waals surface area contributed by atoms with Gasteiger partial charge < -0.3 is 4.74 Å². The molecule has 4 aliphatic rings. The van der Waals surface area contributed by atoms with Gasteiger partial charge in [0, 0.05) is 18.8 Å². The maximum absolute atomic E-state index is 12.7. The number of Topliss-reactive ketones (excluding diaryl/α,β-unsaturated/α-hetero) is 1. The summed E-state index contributed by atoms with van der Waals surface area (Å²) in [4.78, 5) is 36.5. The van der Waals surface area contributed by atoms with E-state index in [0.717, 1.165) is 25.7 Å². The Kier molecular flexibility index (Phi) is 4.07. The zero-order valence-corrected chi connectivity index (χ0v) is 16.8. The number of esters is 1. The van der Waals surface area contributed by atoms with E-state index in [4.69, 9.17) is 4.74 Å². The highest BCUT2D eigenvalue weighted by Gasteiger charge is 2.67. The van der Waals surface area contributed by atoms with E-state index in [0.29, 0.717) is 30.6 Å². The minimum Gasteiger partial charge on any atom is -0.451 e. The third-order valence-corrected chi connectivity index (χ3v) is 8.52. The Labute approximate surface area is 161 Å². The van der Waals surface area contributed by atoms with Gasteiger partial charge in [-0.1, -0.05) is 26.0 Å². The van der Waals surface area contributed by atoms with Gasteiger partial charge in [-0.15, -0.1) is 0 Å². The Bertz CT molecular complexity index is 777. The molecular weight excluding hydrogens is 340 g/mol. The van der Waals surface area contributed by atoms with Gasteiger partial charge in [-0.05, 0) is 73.8 Å². The molecule has 2 fully saturated rings. The van der Waals surface area contributed by atoms with Crippen molar-refractivity contribution in [2.45, 2.75) is 71.8 Å². The third-order valence-electron chi connectivity index (χ3n) is 8.52. The molecule has 0 aliphatic heterocycles. The number of rotatable bonds is 2. The second-order valence-electron chi connectivity index (χ2n) is 9.60. The standard InChI is InChI=1S/C23H30O4/c1-14(24)23(27-15(2)25)12-9-20-18-6-5-16-13-17(26)7-10-21(16,3)19(18)8-11-22(20,23)4/h5-6,13,18-20H,7-12H2,1-4H3/t18-,19-,20-,21-,22-,23-/m0/s1. The number of carbonyl (C=O) groups excluding carboxylic acids is 3.